The standard InChI is InChI=1S/C15H28N2O2/c1-19-12-11-17-10-9-16(8-7-15(17)18)13-14-5-3-2-4-6-14/h14H,2-13H2,1H3. The predicted octanol–water partition coefficient (Wildman–Crippen LogP) is 1.75. The van der Waals surface area contributed by atoms with E-state index in [-0.39, 0.29) is 0 Å². The Morgan fingerprint density at radius 3 is 2.68 bits per heavy atom. The molecule has 0 aromatic heterocycles. The van der Waals surface area contributed by atoms with Gasteiger partial charge in [0.1, 0.15) is 0 Å². The zero-order valence-corrected chi connectivity index (χ0v) is 12.3. The molecule has 2 fully saturated rings. The minimum atomic E-state index is 0.295. The van der Waals surface area contributed by atoms with Gasteiger partial charge in [0, 0.05) is 46.3 Å². The second kappa shape index (κ2) is 7.85. The molecule has 0 aromatic carbocycles. The zero-order valence-electron chi connectivity index (χ0n) is 12.3. The van der Waals surface area contributed by atoms with Crippen LogP contribution in [-0.2, 0) is 9.53 Å². The Kier molecular flexibility index (Phi) is 6.11. The van der Waals surface area contributed by atoms with Crippen LogP contribution in [0, 0.1) is 5.92 Å². The normalized spacial score (nSPS) is 23.6. The minimum Gasteiger partial charge on any atom is -0.383 e. The lowest BCUT2D eigenvalue weighted by Crippen LogP contribution is -2.36. The van der Waals surface area contributed by atoms with Crippen molar-refractivity contribution in [3.8, 4) is 0 Å². The van der Waals surface area contributed by atoms with Crippen molar-refractivity contribution in [3.05, 3.63) is 0 Å². The third-order valence-electron chi connectivity index (χ3n) is 4.49. The van der Waals surface area contributed by atoms with Crippen LogP contribution in [0.5, 0.6) is 0 Å². The van der Waals surface area contributed by atoms with Gasteiger partial charge in [-0.1, -0.05) is 19.3 Å². The average Bonchev–Trinajstić information content (AvgIpc) is 2.61. The van der Waals surface area contributed by atoms with Crippen LogP contribution in [0.4, 0.5) is 0 Å². The molecule has 0 atom stereocenters. The van der Waals surface area contributed by atoms with Crippen molar-refractivity contribution in [1.82, 2.24) is 9.80 Å². The number of rotatable bonds is 5. The van der Waals surface area contributed by atoms with Crippen molar-refractivity contribution in [1.29, 1.82) is 0 Å². The van der Waals surface area contributed by atoms with Gasteiger partial charge < -0.3 is 14.5 Å². The van der Waals surface area contributed by atoms with E-state index < -0.39 is 0 Å². The van der Waals surface area contributed by atoms with Gasteiger partial charge in [-0.2, -0.15) is 0 Å². The quantitative estimate of drug-likeness (QED) is 0.761. The first-order chi connectivity index (χ1) is 9.29. The molecule has 0 radical (unpaired) electrons. The van der Waals surface area contributed by atoms with Crippen molar-refractivity contribution in [2.75, 3.05) is 46.4 Å². The lowest BCUT2D eigenvalue weighted by molar-refractivity contribution is -0.130. The summed E-state index contributed by atoms with van der Waals surface area (Å²) in [6, 6.07) is 0. The Hall–Kier alpha value is -0.610. The van der Waals surface area contributed by atoms with E-state index in [0.717, 1.165) is 32.1 Å². The lowest BCUT2D eigenvalue weighted by atomic mass is 9.89. The van der Waals surface area contributed by atoms with E-state index in [0.29, 0.717) is 18.9 Å². The smallest absolute Gasteiger partial charge is 0.223 e. The third kappa shape index (κ3) is 4.77. The molecule has 4 heteroatoms. The zero-order chi connectivity index (χ0) is 13.5. The Bertz CT molecular complexity index is 277. The SMILES string of the molecule is COCCN1CCN(CC2CCCCC2)CCC1=O. The molecular weight excluding hydrogens is 240 g/mol. The number of methoxy groups -OCH3 is 1. The summed E-state index contributed by atoms with van der Waals surface area (Å²) in [6.45, 7) is 5.44. The summed E-state index contributed by atoms with van der Waals surface area (Å²) in [6.07, 6.45) is 7.67. The molecule has 0 aromatic rings. The Balaban J connectivity index is 1.76. The summed E-state index contributed by atoms with van der Waals surface area (Å²) in [5, 5.41) is 0. The molecule has 1 aliphatic carbocycles. The van der Waals surface area contributed by atoms with Crippen molar-refractivity contribution >= 4 is 5.91 Å². The van der Waals surface area contributed by atoms with Gasteiger partial charge >= 0.3 is 0 Å². The van der Waals surface area contributed by atoms with E-state index in [4.69, 9.17) is 4.74 Å². The number of nitrogens with zero attached hydrogens (tertiary/aromatic N) is 2. The predicted molar refractivity (Wildman–Crippen MR) is 76.1 cm³/mol. The first kappa shape index (κ1) is 14.8. The summed E-state index contributed by atoms with van der Waals surface area (Å²) in [5.41, 5.74) is 0. The summed E-state index contributed by atoms with van der Waals surface area (Å²) >= 11 is 0. The summed E-state index contributed by atoms with van der Waals surface area (Å²) in [5.74, 6) is 1.16. The number of ether oxygens (including phenoxy) is 1. The highest BCUT2D eigenvalue weighted by Gasteiger charge is 2.23. The van der Waals surface area contributed by atoms with Gasteiger partial charge in [0.15, 0.2) is 0 Å². The van der Waals surface area contributed by atoms with E-state index in [1.165, 1.54) is 38.6 Å². The maximum absolute atomic E-state index is 12.0. The Morgan fingerprint density at radius 1 is 1.16 bits per heavy atom. The second-order valence-corrected chi connectivity index (χ2v) is 5.93. The number of carbonyl (C=O) groups is 1. The van der Waals surface area contributed by atoms with Crippen LogP contribution < -0.4 is 0 Å². The van der Waals surface area contributed by atoms with Crippen molar-refractivity contribution in [3.63, 3.8) is 0 Å². The fourth-order valence-electron chi connectivity index (χ4n) is 3.27. The highest BCUT2D eigenvalue weighted by atomic mass is 16.5. The maximum Gasteiger partial charge on any atom is 0.223 e. The molecule has 19 heavy (non-hydrogen) atoms. The van der Waals surface area contributed by atoms with Crippen molar-refractivity contribution in [2.24, 2.45) is 5.92 Å². The first-order valence-corrected chi connectivity index (χ1v) is 7.78. The molecule has 0 bridgehead atoms. The van der Waals surface area contributed by atoms with Crippen LogP contribution in [0.2, 0.25) is 0 Å². The molecule has 1 saturated carbocycles. The van der Waals surface area contributed by atoms with Gasteiger partial charge in [-0.15, -0.1) is 0 Å². The first-order valence-electron chi connectivity index (χ1n) is 7.78. The Labute approximate surface area is 117 Å². The molecular formula is C15H28N2O2. The highest BCUT2D eigenvalue weighted by Crippen LogP contribution is 2.24. The summed E-state index contributed by atoms with van der Waals surface area (Å²) in [4.78, 5) is 16.5. The summed E-state index contributed by atoms with van der Waals surface area (Å²) < 4.78 is 5.07. The Morgan fingerprint density at radius 2 is 1.95 bits per heavy atom. The molecule has 1 heterocycles. The average molecular weight is 268 g/mol. The minimum absolute atomic E-state index is 0.295. The third-order valence-corrected chi connectivity index (χ3v) is 4.49. The molecule has 110 valence electrons. The van der Waals surface area contributed by atoms with Crippen LogP contribution in [0.1, 0.15) is 38.5 Å². The van der Waals surface area contributed by atoms with Gasteiger partial charge in [-0.3, -0.25) is 4.79 Å². The fraction of sp³-hybridized carbons (Fsp3) is 0.933. The molecule has 0 N–H and O–H groups in total. The van der Waals surface area contributed by atoms with Crippen LogP contribution in [0.3, 0.4) is 0 Å². The van der Waals surface area contributed by atoms with Crippen LogP contribution in [0.25, 0.3) is 0 Å². The number of hydrogen-bond acceptors (Lipinski definition) is 3. The van der Waals surface area contributed by atoms with Crippen LogP contribution in [0.15, 0.2) is 0 Å². The van der Waals surface area contributed by atoms with E-state index in [1.54, 1.807) is 7.11 Å². The van der Waals surface area contributed by atoms with Crippen molar-refractivity contribution < 1.29 is 9.53 Å². The van der Waals surface area contributed by atoms with Crippen molar-refractivity contribution in [2.45, 2.75) is 38.5 Å². The van der Waals surface area contributed by atoms with Gasteiger partial charge in [-0.05, 0) is 18.8 Å². The van der Waals surface area contributed by atoms with Gasteiger partial charge in [0.2, 0.25) is 5.91 Å². The number of amides is 1. The van der Waals surface area contributed by atoms with Gasteiger partial charge in [-0.25, -0.2) is 0 Å². The molecule has 2 rings (SSSR count). The monoisotopic (exact) mass is 268 g/mol. The van der Waals surface area contributed by atoms with E-state index in [1.807, 2.05) is 4.90 Å². The molecule has 0 unspecified atom stereocenters. The van der Waals surface area contributed by atoms with Crippen LogP contribution in [-0.4, -0.2) is 62.1 Å². The molecule has 0 spiro atoms. The molecule has 1 amide bonds. The lowest BCUT2D eigenvalue weighted by Gasteiger charge is -2.28. The molecule has 1 aliphatic heterocycles. The number of carbonyl (C=O) groups excluding carboxylic acids is 1. The highest BCUT2D eigenvalue weighted by molar-refractivity contribution is 5.76. The molecule has 1 saturated heterocycles. The second-order valence-electron chi connectivity index (χ2n) is 5.93. The molecule has 4 nitrogen and oxygen atoms in total. The van der Waals surface area contributed by atoms with Gasteiger partial charge in [0.25, 0.3) is 0 Å². The largest absolute Gasteiger partial charge is 0.383 e. The molecule has 2 aliphatic rings. The summed E-state index contributed by atoms with van der Waals surface area (Å²) in [7, 11) is 1.69. The van der Waals surface area contributed by atoms with E-state index in [9.17, 15) is 4.79 Å². The van der Waals surface area contributed by atoms with Crippen LogP contribution >= 0.6 is 0 Å². The van der Waals surface area contributed by atoms with Gasteiger partial charge in [0.05, 0.1) is 6.61 Å². The van der Waals surface area contributed by atoms with E-state index in [2.05, 4.69) is 4.90 Å². The fourth-order valence-corrected chi connectivity index (χ4v) is 3.27. The topological polar surface area (TPSA) is 32.8 Å². The number of hydrogen-bond donors (Lipinski definition) is 0. The maximum atomic E-state index is 12.0. The van der Waals surface area contributed by atoms with E-state index >= 15 is 0 Å².